The number of hydrogen-bond donors (Lipinski definition) is 2. The number of aromatic nitrogens is 2. The molecule has 2 heterocycles. The summed E-state index contributed by atoms with van der Waals surface area (Å²) >= 11 is 7.11. The van der Waals surface area contributed by atoms with E-state index in [1.54, 1.807) is 19.1 Å². The van der Waals surface area contributed by atoms with Crippen molar-refractivity contribution >= 4 is 50.7 Å². The number of nitrogens with zero attached hydrogens (tertiary/aromatic N) is 1. The number of H-pyrrole nitrogens is 1. The summed E-state index contributed by atoms with van der Waals surface area (Å²) in [7, 11) is 0. The lowest BCUT2D eigenvalue weighted by molar-refractivity contribution is -0.112. The van der Waals surface area contributed by atoms with Crippen LogP contribution < -0.4 is 5.32 Å². The largest absolute Gasteiger partial charge is 0.358 e. The molecule has 1 amide bonds. The molecule has 0 aliphatic carbocycles. The molecule has 0 unspecified atom stereocenters. The number of rotatable bonds is 4. The zero-order chi connectivity index (χ0) is 19.1. The van der Waals surface area contributed by atoms with Crippen LogP contribution in [0.3, 0.4) is 0 Å². The standard InChI is InChI=1S/C19H20ClN3O2S/c1-10-15(20)18(26-23-10)22-17(25)16(24)11-5-6-14-12(7-11)8-13(21-14)9-19(2,3)4/h5-8,21H,9H2,1-4H3,(H,22,25). The van der Waals surface area contributed by atoms with Gasteiger partial charge in [0.2, 0.25) is 0 Å². The zero-order valence-electron chi connectivity index (χ0n) is 15.1. The minimum absolute atomic E-state index is 0.158. The van der Waals surface area contributed by atoms with Gasteiger partial charge in [-0.25, -0.2) is 0 Å². The van der Waals surface area contributed by atoms with Crippen molar-refractivity contribution in [2.24, 2.45) is 5.41 Å². The van der Waals surface area contributed by atoms with Gasteiger partial charge in [0.05, 0.1) is 10.7 Å². The molecule has 3 rings (SSSR count). The predicted octanol–water partition coefficient (Wildman–Crippen LogP) is 5.00. The van der Waals surface area contributed by atoms with Crippen LogP contribution in [0.4, 0.5) is 5.00 Å². The number of Topliss-reactive ketones (excluding diaryl/α,β-unsaturated/α-hetero) is 1. The van der Waals surface area contributed by atoms with Gasteiger partial charge in [-0.05, 0) is 54.6 Å². The van der Waals surface area contributed by atoms with Crippen molar-refractivity contribution in [2.45, 2.75) is 34.1 Å². The normalized spacial score (nSPS) is 11.7. The summed E-state index contributed by atoms with van der Waals surface area (Å²) in [6.07, 6.45) is 0.897. The molecule has 0 fully saturated rings. The number of carbonyl (C=O) groups is 2. The Morgan fingerprint density at radius 2 is 2.00 bits per heavy atom. The molecule has 0 atom stereocenters. The fraction of sp³-hybridized carbons (Fsp3) is 0.316. The molecule has 1 aromatic carbocycles. The number of fused-ring (bicyclic) bond motifs is 1. The van der Waals surface area contributed by atoms with Crippen molar-refractivity contribution in [3.05, 3.63) is 46.2 Å². The molecule has 0 saturated carbocycles. The molecule has 7 heteroatoms. The molecule has 5 nitrogen and oxygen atoms in total. The fourth-order valence-corrected chi connectivity index (χ4v) is 3.66. The van der Waals surface area contributed by atoms with Gasteiger partial charge in [0.15, 0.2) is 0 Å². The van der Waals surface area contributed by atoms with Crippen LogP contribution in [0.2, 0.25) is 5.02 Å². The molecule has 136 valence electrons. The van der Waals surface area contributed by atoms with E-state index in [0.29, 0.717) is 21.3 Å². The van der Waals surface area contributed by atoms with E-state index in [9.17, 15) is 9.59 Å². The van der Waals surface area contributed by atoms with Crippen molar-refractivity contribution in [3.8, 4) is 0 Å². The monoisotopic (exact) mass is 389 g/mol. The second-order valence-electron chi connectivity index (χ2n) is 7.53. The topological polar surface area (TPSA) is 74.8 Å². The Bertz CT molecular complexity index is 998. The summed E-state index contributed by atoms with van der Waals surface area (Å²) in [6.45, 7) is 8.25. The summed E-state index contributed by atoms with van der Waals surface area (Å²) in [5.74, 6) is -1.33. The Labute approximate surface area is 160 Å². The van der Waals surface area contributed by atoms with Crippen LogP contribution in [0.25, 0.3) is 10.9 Å². The third-order valence-electron chi connectivity index (χ3n) is 3.88. The number of carbonyl (C=O) groups excluding carboxylic acids is 2. The highest BCUT2D eigenvalue weighted by atomic mass is 35.5. The van der Waals surface area contributed by atoms with Gasteiger partial charge in [0.25, 0.3) is 11.7 Å². The van der Waals surface area contributed by atoms with Crippen LogP contribution in [-0.4, -0.2) is 21.0 Å². The summed E-state index contributed by atoms with van der Waals surface area (Å²) < 4.78 is 4.05. The van der Waals surface area contributed by atoms with Gasteiger partial charge in [-0.2, -0.15) is 4.37 Å². The highest BCUT2D eigenvalue weighted by molar-refractivity contribution is 7.11. The van der Waals surface area contributed by atoms with Crippen LogP contribution in [0.1, 0.15) is 42.5 Å². The molecule has 0 aliphatic heterocycles. The minimum Gasteiger partial charge on any atom is -0.358 e. The first kappa shape index (κ1) is 18.6. The van der Waals surface area contributed by atoms with Gasteiger partial charge in [0.1, 0.15) is 5.00 Å². The summed E-state index contributed by atoms with van der Waals surface area (Å²) in [5, 5.41) is 4.20. The van der Waals surface area contributed by atoms with E-state index >= 15 is 0 Å². The number of halogens is 1. The van der Waals surface area contributed by atoms with Crippen molar-refractivity contribution in [2.75, 3.05) is 5.32 Å². The van der Waals surface area contributed by atoms with E-state index in [4.69, 9.17) is 11.6 Å². The lowest BCUT2D eigenvalue weighted by atomic mass is 9.91. The lowest BCUT2D eigenvalue weighted by Gasteiger charge is -2.16. The molecule has 26 heavy (non-hydrogen) atoms. The van der Waals surface area contributed by atoms with E-state index in [-0.39, 0.29) is 5.41 Å². The van der Waals surface area contributed by atoms with Crippen molar-refractivity contribution in [1.82, 2.24) is 9.36 Å². The van der Waals surface area contributed by atoms with Crippen LogP contribution in [0.15, 0.2) is 24.3 Å². The molecule has 2 aromatic heterocycles. The number of ketones is 1. The van der Waals surface area contributed by atoms with Crippen molar-refractivity contribution in [1.29, 1.82) is 0 Å². The van der Waals surface area contributed by atoms with Gasteiger partial charge >= 0.3 is 0 Å². The first-order valence-electron chi connectivity index (χ1n) is 8.23. The molecule has 0 spiro atoms. The van der Waals surface area contributed by atoms with Gasteiger partial charge in [-0.1, -0.05) is 32.4 Å². The van der Waals surface area contributed by atoms with Gasteiger partial charge < -0.3 is 10.3 Å². The zero-order valence-corrected chi connectivity index (χ0v) is 16.6. The number of aryl methyl sites for hydroxylation is 1. The van der Waals surface area contributed by atoms with Crippen molar-refractivity contribution < 1.29 is 9.59 Å². The Hall–Kier alpha value is -2.18. The Balaban J connectivity index is 1.81. The van der Waals surface area contributed by atoms with Gasteiger partial charge in [0, 0.05) is 22.2 Å². The molecule has 2 N–H and O–H groups in total. The highest BCUT2D eigenvalue weighted by Crippen LogP contribution is 2.29. The van der Waals surface area contributed by atoms with E-state index in [0.717, 1.165) is 34.6 Å². The number of aromatic amines is 1. The first-order chi connectivity index (χ1) is 12.1. The van der Waals surface area contributed by atoms with E-state index in [1.807, 2.05) is 12.1 Å². The molecule has 0 bridgehead atoms. The maximum Gasteiger partial charge on any atom is 0.297 e. The van der Waals surface area contributed by atoms with Gasteiger partial charge in [-0.15, -0.1) is 0 Å². The maximum atomic E-state index is 12.5. The Kier molecular flexibility index (Phi) is 4.90. The molecule has 0 saturated heterocycles. The van der Waals surface area contributed by atoms with Gasteiger partial charge in [-0.3, -0.25) is 9.59 Å². The second-order valence-corrected chi connectivity index (χ2v) is 8.68. The SMILES string of the molecule is Cc1nsc(NC(=O)C(=O)c2ccc3[nH]c(CC(C)(C)C)cc3c2)c1Cl. The number of hydrogen-bond acceptors (Lipinski definition) is 4. The molecule has 0 aliphatic rings. The molecule has 3 aromatic rings. The quantitative estimate of drug-likeness (QED) is 0.487. The van der Waals surface area contributed by atoms with E-state index in [1.165, 1.54) is 0 Å². The number of amides is 1. The molecular formula is C19H20ClN3O2S. The lowest BCUT2D eigenvalue weighted by Crippen LogP contribution is -2.22. The predicted molar refractivity (Wildman–Crippen MR) is 106 cm³/mol. The fourth-order valence-electron chi connectivity index (χ4n) is 2.73. The average molecular weight is 390 g/mol. The second kappa shape index (κ2) is 6.85. The number of benzene rings is 1. The van der Waals surface area contributed by atoms with Crippen molar-refractivity contribution in [3.63, 3.8) is 0 Å². The summed E-state index contributed by atoms with van der Waals surface area (Å²) in [5.41, 5.74) is 3.18. The van der Waals surface area contributed by atoms with Crippen LogP contribution >= 0.6 is 23.1 Å². The van der Waals surface area contributed by atoms with Crippen LogP contribution in [0.5, 0.6) is 0 Å². The number of nitrogens with one attached hydrogen (secondary N) is 2. The molecule has 0 radical (unpaired) electrons. The summed E-state index contributed by atoms with van der Waals surface area (Å²) in [4.78, 5) is 28.1. The van der Waals surface area contributed by atoms with E-state index in [2.05, 4.69) is 35.4 Å². The smallest absolute Gasteiger partial charge is 0.297 e. The van der Waals surface area contributed by atoms with Crippen LogP contribution in [0, 0.1) is 12.3 Å². The third-order valence-corrected chi connectivity index (χ3v) is 5.31. The Morgan fingerprint density at radius 1 is 1.27 bits per heavy atom. The van der Waals surface area contributed by atoms with E-state index < -0.39 is 11.7 Å². The minimum atomic E-state index is -0.722. The summed E-state index contributed by atoms with van der Waals surface area (Å²) in [6, 6.07) is 7.24. The molecular weight excluding hydrogens is 370 g/mol. The first-order valence-corrected chi connectivity index (χ1v) is 9.38. The van der Waals surface area contributed by atoms with Crippen LogP contribution in [-0.2, 0) is 11.2 Å². The average Bonchev–Trinajstić information content (AvgIpc) is 3.08. The number of anilines is 1. The third kappa shape index (κ3) is 3.97. The Morgan fingerprint density at radius 3 is 2.62 bits per heavy atom. The maximum absolute atomic E-state index is 12.5. The highest BCUT2D eigenvalue weighted by Gasteiger charge is 2.20.